The van der Waals surface area contributed by atoms with Crippen molar-refractivity contribution in [2.24, 2.45) is 0 Å². The predicted octanol–water partition coefficient (Wildman–Crippen LogP) is 1.80. The standard InChI is InChI=1S/C16H24N2O4S/c1-2-22-15-7-5-14(6-8-15)16-4-3-9-18(16)23(19,20)17-10-12-21-13-11-17/h5-8,16H,2-4,9-13H2,1H3/t16-/m0/s1. The van der Waals surface area contributed by atoms with Crippen molar-refractivity contribution in [2.45, 2.75) is 25.8 Å². The smallest absolute Gasteiger partial charge is 0.282 e. The second-order valence-electron chi connectivity index (χ2n) is 5.79. The number of ether oxygens (including phenoxy) is 2. The molecule has 1 atom stereocenters. The lowest BCUT2D eigenvalue weighted by Crippen LogP contribution is -2.48. The molecular formula is C16H24N2O4S. The van der Waals surface area contributed by atoms with E-state index in [1.807, 2.05) is 31.2 Å². The number of hydrogen-bond donors (Lipinski definition) is 0. The van der Waals surface area contributed by atoms with Crippen molar-refractivity contribution in [2.75, 3.05) is 39.5 Å². The first-order chi connectivity index (χ1) is 11.1. The van der Waals surface area contributed by atoms with Gasteiger partial charge in [0.15, 0.2) is 0 Å². The van der Waals surface area contributed by atoms with Crippen molar-refractivity contribution >= 4 is 10.2 Å². The summed E-state index contributed by atoms with van der Waals surface area (Å²) in [5.41, 5.74) is 1.03. The van der Waals surface area contributed by atoms with Gasteiger partial charge < -0.3 is 9.47 Å². The lowest BCUT2D eigenvalue weighted by atomic mass is 10.1. The largest absolute Gasteiger partial charge is 0.494 e. The van der Waals surface area contributed by atoms with Gasteiger partial charge in [0, 0.05) is 19.6 Å². The molecule has 0 amide bonds. The van der Waals surface area contributed by atoms with Crippen LogP contribution in [0.3, 0.4) is 0 Å². The summed E-state index contributed by atoms with van der Waals surface area (Å²) in [4.78, 5) is 0. The van der Waals surface area contributed by atoms with Gasteiger partial charge in [0.1, 0.15) is 5.75 Å². The zero-order valence-electron chi connectivity index (χ0n) is 13.5. The van der Waals surface area contributed by atoms with Gasteiger partial charge in [-0.1, -0.05) is 12.1 Å². The summed E-state index contributed by atoms with van der Waals surface area (Å²) < 4.78 is 39.7. The Balaban J connectivity index is 1.79. The molecule has 0 spiro atoms. The van der Waals surface area contributed by atoms with Crippen molar-refractivity contribution in [1.29, 1.82) is 0 Å². The molecule has 128 valence electrons. The van der Waals surface area contributed by atoms with Gasteiger partial charge in [-0.15, -0.1) is 0 Å². The van der Waals surface area contributed by atoms with Crippen molar-refractivity contribution in [3.8, 4) is 5.75 Å². The van der Waals surface area contributed by atoms with Crippen LogP contribution in [0.5, 0.6) is 5.75 Å². The fourth-order valence-corrected chi connectivity index (χ4v) is 5.04. The van der Waals surface area contributed by atoms with Gasteiger partial charge in [0.05, 0.1) is 25.9 Å². The van der Waals surface area contributed by atoms with Crippen LogP contribution in [0, 0.1) is 0 Å². The Morgan fingerprint density at radius 3 is 2.52 bits per heavy atom. The molecule has 2 fully saturated rings. The molecule has 2 heterocycles. The third kappa shape index (κ3) is 3.52. The predicted molar refractivity (Wildman–Crippen MR) is 87.6 cm³/mol. The lowest BCUT2D eigenvalue weighted by Gasteiger charge is -2.33. The zero-order chi connectivity index (χ0) is 16.3. The van der Waals surface area contributed by atoms with Gasteiger partial charge in [0.25, 0.3) is 10.2 Å². The van der Waals surface area contributed by atoms with Gasteiger partial charge in [-0.25, -0.2) is 0 Å². The molecule has 6 nitrogen and oxygen atoms in total. The number of rotatable bonds is 5. The Morgan fingerprint density at radius 1 is 1.17 bits per heavy atom. The van der Waals surface area contributed by atoms with Crippen LogP contribution in [0.25, 0.3) is 0 Å². The third-order valence-electron chi connectivity index (χ3n) is 4.37. The van der Waals surface area contributed by atoms with Crippen LogP contribution in [0.4, 0.5) is 0 Å². The maximum Gasteiger partial charge on any atom is 0.282 e. The first kappa shape index (κ1) is 16.7. The SMILES string of the molecule is CCOc1ccc([C@@H]2CCCN2S(=O)(=O)N2CCOCC2)cc1. The van der Waals surface area contributed by atoms with Gasteiger partial charge in [-0.05, 0) is 37.5 Å². The Kier molecular flexibility index (Phi) is 5.21. The second-order valence-corrected chi connectivity index (χ2v) is 7.67. The van der Waals surface area contributed by atoms with E-state index in [0.717, 1.165) is 24.2 Å². The van der Waals surface area contributed by atoms with E-state index in [0.29, 0.717) is 39.5 Å². The average Bonchev–Trinajstić information content (AvgIpc) is 3.07. The molecule has 0 bridgehead atoms. The molecule has 0 N–H and O–H groups in total. The molecular weight excluding hydrogens is 316 g/mol. The molecule has 0 aromatic heterocycles. The molecule has 0 unspecified atom stereocenters. The minimum atomic E-state index is -3.42. The molecule has 2 saturated heterocycles. The number of morpholine rings is 1. The quantitative estimate of drug-likeness (QED) is 0.820. The minimum Gasteiger partial charge on any atom is -0.494 e. The van der Waals surface area contributed by atoms with E-state index < -0.39 is 10.2 Å². The number of hydrogen-bond acceptors (Lipinski definition) is 4. The van der Waals surface area contributed by atoms with Crippen LogP contribution in [0.1, 0.15) is 31.4 Å². The molecule has 2 aliphatic rings. The molecule has 3 rings (SSSR count). The average molecular weight is 340 g/mol. The van der Waals surface area contributed by atoms with Crippen molar-refractivity contribution in [3.05, 3.63) is 29.8 Å². The van der Waals surface area contributed by atoms with E-state index in [2.05, 4.69) is 0 Å². The Labute approximate surface area is 138 Å². The molecule has 23 heavy (non-hydrogen) atoms. The normalized spacial score (nSPS) is 24.0. The highest BCUT2D eigenvalue weighted by Crippen LogP contribution is 2.36. The molecule has 2 aliphatic heterocycles. The summed E-state index contributed by atoms with van der Waals surface area (Å²) in [6.45, 7) is 4.98. The number of nitrogens with zero attached hydrogens (tertiary/aromatic N) is 2. The Bertz CT molecular complexity index is 611. The molecule has 7 heteroatoms. The molecule has 1 aromatic rings. The third-order valence-corrected chi connectivity index (χ3v) is 6.42. The summed E-state index contributed by atoms with van der Waals surface area (Å²) in [5.74, 6) is 0.817. The first-order valence-corrected chi connectivity index (χ1v) is 9.60. The van der Waals surface area contributed by atoms with E-state index in [1.165, 1.54) is 0 Å². The van der Waals surface area contributed by atoms with Crippen LogP contribution in [-0.4, -0.2) is 56.5 Å². The molecule has 0 radical (unpaired) electrons. The minimum absolute atomic E-state index is 0.0847. The van der Waals surface area contributed by atoms with E-state index in [9.17, 15) is 8.42 Å². The highest BCUT2D eigenvalue weighted by Gasteiger charge is 2.39. The lowest BCUT2D eigenvalue weighted by molar-refractivity contribution is 0.0699. The van der Waals surface area contributed by atoms with E-state index in [4.69, 9.17) is 9.47 Å². The van der Waals surface area contributed by atoms with Crippen LogP contribution in [0.15, 0.2) is 24.3 Å². The van der Waals surface area contributed by atoms with Crippen LogP contribution >= 0.6 is 0 Å². The summed E-state index contributed by atoms with van der Waals surface area (Å²) in [7, 11) is -3.42. The topological polar surface area (TPSA) is 59.1 Å². The number of benzene rings is 1. The summed E-state index contributed by atoms with van der Waals surface area (Å²) in [6, 6.07) is 7.69. The monoisotopic (exact) mass is 340 g/mol. The fourth-order valence-electron chi connectivity index (χ4n) is 3.23. The van der Waals surface area contributed by atoms with Crippen LogP contribution in [-0.2, 0) is 14.9 Å². The summed E-state index contributed by atoms with van der Waals surface area (Å²) in [6.07, 6.45) is 1.75. The van der Waals surface area contributed by atoms with Crippen molar-refractivity contribution in [1.82, 2.24) is 8.61 Å². The van der Waals surface area contributed by atoms with E-state index in [1.54, 1.807) is 8.61 Å². The molecule has 0 saturated carbocycles. The zero-order valence-corrected chi connectivity index (χ0v) is 14.3. The van der Waals surface area contributed by atoms with Gasteiger partial charge >= 0.3 is 0 Å². The first-order valence-electron chi connectivity index (χ1n) is 8.20. The fraction of sp³-hybridized carbons (Fsp3) is 0.625. The summed E-state index contributed by atoms with van der Waals surface area (Å²) >= 11 is 0. The van der Waals surface area contributed by atoms with Crippen LogP contribution < -0.4 is 4.74 Å². The van der Waals surface area contributed by atoms with Gasteiger partial charge in [-0.2, -0.15) is 17.0 Å². The Morgan fingerprint density at radius 2 is 1.87 bits per heavy atom. The van der Waals surface area contributed by atoms with E-state index >= 15 is 0 Å². The Hall–Kier alpha value is -1.15. The molecule has 0 aliphatic carbocycles. The highest BCUT2D eigenvalue weighted by atomic mass is 32.2. The van der Waals surface area contributed by atoms with Gasteiger partial charge in [-0.3, -0.25) is 0 Å². The van der Waals surface area contributed by atoms with Crippen LogP contribution in [0.2, 0.25) is 0 Å². The maximum absolute atomic E-state index is 12.9. The maximum atomic E-state index is 12.9. The van der Waals surface area contributed by atoms with Crippen molar-refractivity contribution < 1.29 is 17.9 Å². The highest BCUT2D eigenvalue weighted by molar-refractivity contribution is 7.86. The molecule has 1 aromatic carbocycles. The second kappa shape index (κ2) is 7.17. The summed E-state index contributed by atoms with van der Waals surface area (Å²) in [5, 5.41) is 0. The van der Waals surface area contributed by atoms with E-state index in [-0.39, 0.29) is 6.04 Å². The van der Waals surface area contributed by atoms with Gasteiger partial charge in [0.2, 0.25) is 0 Å². The van der Waals surface area contributed by atoms with Crippen molar-refractivity contribution in [3.63, 3.8) is 0 Å².